The molecule has 1 aliphatic heterocycles. The second kappa shape index (κ2) is 10.7. The number of nitrogens with zero attached hydrogens (tertiary/aromatic N) is 4. The molecule has 10 heteroatoms. The van der Waals surface area contributed by atoms with Crippen LogP contribution in [0.25, 0.3) is 11.4 Å². The SMILES string of the molecule is CC(C)(C)OC(=O)CC1CCN(C(=O)c2ccc(CC(=O)c3[nH]nc4c3C(C)(C)Cc3cnc(N)nc3-4)cc2)CC1. The van der Waals surface area contributed by atoms with E-state index in [1.807, 2.05) is 37.8 Å². The average molecular weight is 559 g/mol. The fourth-order valence-corrected chi connectivity index (χ4v) is 5.87. The Hall–Kier alpha value is -4.08. The summed E-state index contributed by atoms with van der Waals surface area (Å²) in [5, 5.41) is 7.42. The van der Waals surface area contributed by atoms with Crippen LogP contribution >= 0.6 is 0 Å². The van der Waals surface area contributed by atoms with Crippen LogP contribution in [0.5, 0.6) is 0 Å². The molecule has 2 aliphatic rings. The maximum absolute atomic E-state index is 13.4. The molecular formula is C31H38N6O4. The van der Waals surface area contributed by atoms with Crippen LogP contribution in [0.4, 0.5) is 5.95 Å². The van der Waals surface area contributed by atoms with Crippen LogP contribution in [-0.4, -0.2) is 61.4 Å². The van der Waals surface area contributed by atoms with Crippen LogP contribution in [0.1, 0.15) is 91.4 Å². The van der Waals surface area contributed by atoms with Gasteiger partial charge in [0, 0.05) is 43.3 Å². The highest BCUT2D eigenvalue weighted by Crippen LogP contribution is 2.43. The number of Topliss-reactive ketones (excluding diaryl/α,β-unsaturated/α-hetero) is 1. The van der Waals surface area contributed by atoms with Crippen molar-refractivity contribution in [1.29, 1.82) is 0 Å². The number of nitrogens with two attached hydrogens (primary N) is 1. The molecule has 5 rings (SSSR count). The molecule has 1 saturated heterocycles. The smallest absolute Gasteiger partial charge is 0.306 e. The summed E-state index contributed by atoms with van der Waals surface area (Å²) in [6.45, 7) is 11.0. The van der Waals surface area contributed by atoms with Crippen molar-refractivity contribution in [3.05, 3.63) is 58.4 Å². The summed E-state index contributed by atoms with van der Waals surface area (Å²) in [7, 11) is 0. The van der Waals surface area contributed by atoms with Gasteiger partial charge in [-0.1, -0.05) is 26.0 Å². The Balaban J connectivity index is 1.21. The van der Waals surface area contributed by atoms with Gasteiger partial charge in [0.25, 0.3) is 5.91 Å². The van der Waals surface area contributed by atoms with E-state index in [0.29, 0.717) is 48.6 Å². The fraction of sp³-hybridized carbons (Fsp3) is 0.484. The average Bonchev–Trinajstić information content (AvgIpc) is 3.36. The molecular weight excluding hydrogens is 520 g/mol. The summed E-state index contributed by atoms with van der Waals surface area (Å²) < 4.78 is 5.44. The number of benzene rings is 1. The number of esters is 1. The monoisotopic (exact) mass is 558 g/mol. The topological polar surface area (TPSA) is 144 Å². The van der Waals surface area contributed by atoms with Gasteiger partial charge >= 0.3 is 5.97 Å². The minimum atomic E-state index is -0.491. The van der Waals surface area contributed by atoms with E-state index in [4.69, 9.17) is 10.5 Å². The number of carbonyl (C=O) groups is 3. The Bertz CT molecular complexity index is 1480. The molecule has 2 aromatic heterocycles. The second-order valence-corrected chi connectivity index (χ2v) is 12.8. The van der Waals surface area contributed by atoms with Crippen LogP contribution < -0.4 is 5.73 Å². The van der Waals surface area contributed by atoms with E-state index < -0.39 is 5.60 Å². The van der Waals surface area contributed by atoms with Crippen molar-refractivity contribution in [2.75, 3.05) is 18.8 Å². The lowest BCUT2D eigenvalue weighted by atomic mass is 9.72. The number of nitrogen functional groups attached to an aromatic ring is 1. The number of aromatic nitrogens is 4. The van der Waals surface area contributed by atoms with Crippen LogP contribution in [0.2, 0.25) is 0 Å². The van der Waals surface area contributed by atoms with Crippen molar-refractivity contribution in [2.45, 2.75) is 77.7 Å². The quantitative estimate of drug-likeness (QED) is 0.337. The van der Waals surface area contributed by atoms with Crippen molar-refractivity contribution in [3.8, 4) is 11.4 Å². The number of rotatable bonds is 6. The van der Waals surface area contributed by atoms with Gasteiger partial charge in [-0.05, 0) is 74.6 Å². The maximum atomic E-state index is 13.4. The van der Waals surface area contributed by atoms with E-state index in [0.717, 1.165) is 29.5 Å². The van der Waals surface area contributed by atoms with E-state index in [9.17, 15) is 14.4 Å². The molecule has 216 valence electrons. The molecule has 10 nitrogen and oxygen atoms in total. The normalized spacial score (nSPS) is 16.6. The number of hydrogen-bond acceptors (Lipinski definition) is 8. The molecule has 0 saturated carbocycles. The number of amides is 1. The third-order valence-electron chi connectivity index (χ3n) is 7.80. The first-order valence-corrected chi connectivity index (χ1v) is 14.1. The molecule has 3 aromatic rings. The van der Waals surface area contributed by atoms with Gasteiger partial charge in [0.1, 0.15) is 17.0 Å². The number of carbonyl (C=O) groups excluding carboxylic acids is 3. The number of fused-ring (bicyclic) bond motifs is 3. The Labute approximate surface area is 240 Å². The summed E-state index contributed by atoms with van der Waals surface area (Å²) in [6, 6.07) is 7.22. The largest absolute Gasteiger partial charge is 0.460 e. The lowest BCUT2D eigenvalue weighted by Crippen LogP contribution is -2.39. The summed E-state index contributed by atoms with van der Waals surface area (Å²) >= 11 is 0. The van der Waals surface area contributed by atoms with E-state index >= 15 is 0 Å². The first kappa shape index (κ1) is 28.4. The number of likely N-dealkylation sites (tertiary alicyclic amines) is 1. The molecule has 0 atom stereocenters. The third kappa shape index (κ3) is 6.16. The van der Waals surface area contributed by atoms with Crippen LogP contribution in [-0.2, 0) is 27.8 Å². The lowest BCUT2D eigenvalue weighted by molar-refractivity contribution is -0.156. The zero-order valence-corrected chi connectivity index (χ0v) is 24.4. The number of H-pyrrole nitrogens is 1. The fourth-order valence-electron chi connectivity index (χ4n) is 5.87. The first-order valence-electron chi connectivity index (χ1n) is 14.1. The first-order chi connectivity index (χ1) is 19.3. The predicted octanol–water partition coefficient (Wildman–Crippen LogP) is 4.29. The molecule has 1 fully saturated rings. The molecule has 0 unspecified atom stereocenters. The van der Waals surface area contributed by atoms with Crippen molar-refractivity contribution < 1.29 is 19.1 Å². The number of ether oxygens (including phenoxy) is 1. The van der Waals surface area contributed by atoms with Crippen molar-refractivity contribution in [1.82, 2.24) is 25.1 Å². The minimum Gasteiger partial charge on any atom is -0.460 e. The van der Waals surface area contributed by atoms with E-state index in [2.05, 4.69) is 34.0 Å². The van der Waals surface area contributed by atoms with Gasteiger partial charge in [-0.3, -0.25) is 19.5 Å². The van der Waals surface area contributed by atoms with E-state index in [1.54, 1.807) is 18.3 Å². The number of hydrogen-bond donors (Lipinski definition) is 2. The number of aromatic amines is 1. The van der Waals surface area contributed by atoms with Crippen LogP contribution in [0, 0.1) is 5.92 Å². The van der Waals surface area contributed by atoms with Crippen molar-refractivity contribution >= 4 is 23.6 Å². The lowest BCUT2D eigenvalue weighted by Gasteiger charge is -2.32. The molecule has 41 heavy (non-hydrogen) atoms. The van der Waals surface area contributed by atoms with Gasteiger partial charge in [0.05, 0.1) is 5.69 Å². The zero-order chi connectivity index (χ0) is 29.5. The Morgan fingerprint density at radius 2 is 1.78 bits per heavy atom. The van der Waals surface area contributed by atoms with Crippen LogP contribution in [0.15, 0.2) is 30.5 Å². The molecule has 3 N–H and O–H groups in total. The highest BCUT2D eigenvalue weighted by Gasteiger charge is 2.38. The standard InChI is InChI=1S/C31H38N6O4/c1-30(2,3)41-23(39)15-19-10-12-37(13-11-19)28(40)20-8-6-18(7-9-20)14-22(38)26-24-27(36-35-26)25-21(16-31(24,4)5)17-33-29(32)34-25/h6-9,17,19H,10-16H2,1-5H3,(H,35,36)(H2,32,33,34). The maximum Gasteiger partial charge on any atom is 0.306 e. The number of ketones is 1. The van der Waals surface area contributed by atoms with Crippen molar-refractivity contribution in [3.63, 3.8) is 0 Å². The molecule has 1 aromatic carbocycles. The molecule has 3 heterocycles. The number of piperidine rings is 1. The highest BCUT2D eigenvalue weighted by atomic mass is 16.6. The van der Waals surface area contributed by atoms with Gasteiger partial charge in [-0.15, -0.1) is 0 Å². The Kier molecular flexibility index (Phi) is 7.44. The van der Waals surface area contributed by atoms with Gasteiger partial charge in [0.2, 0.25) is 5.95 Å². The van der Waals surface area contributed by atoms with E-state index in [1.165, 1.54) is 0 Å². The Morgan fingerprint density at radius 3 is 2.44 bits per heavy atom. The summed E-state index contributed by atoms with van der Waals surface area (Å²) in [5.41, 5.74) is 9.97. The predicted molar refractivity (Wildman–Crippen MR) is 154 cm³/mol. The van der Waals surface area contributed by atoms with Gasteiger partial charge in [0.15, 0.2) is 5.78 Å². The minimum absolute atomic E-state index is 0.0390. The Morgan fingerprint density at radius 1 is 1.10 bits per heavy atom. The molecule has 1 aliphatic carbocycles. The summed E-state index contributed by atoms with van der Waals surface area (Å²) in [5.74, 6) is 0.0883. The molecule has 1 amide bonds. The van der Waals surface area contributed by atoms with Gasteiger partial charge in [-0.2, -0.15) is 5.10 Å². The zero-order valence-electron chi connectivity index (χ0n) is 24.4. The number of nitrogens with one attached hydrogen (secondary N) is 1. The van der Waals surface area contributed by atoms with Gasteiger partial charge < -0.3 is 15.4 Å². The third-order valence-corrected chi connectivity index (χ3v) is 7.80. The summed E-state index contributed by atoms with van der Waals surface area (Å²) in [4.78, 5) is 49.1. The molecule has 0 bridgehead atoms. The summed E-state index contributed by atoms with van der Waals surface area (Å²) in [6.07, 6.45) is 4.50. The second-order valence-electron chi connectivity index (χ2n) is 12.8. The van der Waals surface area contributed by atoms with Crippen LogP contribution in [0.3, 0.4) is 0 Å². The van der Waals surface area contributed by atoms with E-state index in [-0.39, 0.29) is 41.4 Å². The molecule has 0 radical (unpaired) electrons. The molecule has 0 spiro atoms. The number of anilines is 1. The highest BCUT2D eigenvalue weighted by molar-refractivity contribution is 5.99. The van der Waals surface area contributed by atoms with Crippen molar-refractivity contribution in [2.24, 2.45) is 5.92 Å². The van der Waals surface area contributed by atoms with Gasteiger partial charge in [-0.25, -0.2) is 9.97 Å².